The average molecular weight is 556 g/mol. The van der Waals surface area contributed by atoms with Crippen molar-refractivity contribution < 1.29 is 23.5 Å². The highest BCUT2D eigenvalue weighted by Crippen LogP contribution is 2.44. The second kappa shape index (κ2) is 10.4. The lowest BCUT2D eigenvalue weighted by atomic mass is 9.95. The third-order valence-corrected chi connectivity index (χ3v) is 8.02. The largest absolute Gasteiger partial charge is 0.507 e. The molecule has 1 aliphatic rings. The molecule has 5 rings (SSSR count). The summed E-state index contributed by atoms with van der Waals surface area (Å²) in [6, 6.07) is 16.7. The van der Waals surface area contributed by atoms with Gasteiger partial charge in [-0.2, -0.15) is 0 Å². The molecule has 1 atom stereocenters. The van der Waals surface area contributed by atoms with Crippen molar-refractivity contribution in [2.45, 2.75) is 16.1 Å². The van der Waals surface area contributed by atoms with Crippen LogP contribution in [0.1, 0.15) is 22.7 Å². The summed E-state index contributed by atoms with van der Waals surface area (Å²) in [6.45, 7) is 0. The number of thioether (sulfide) groups is 1. The van der Waals surface area contributed by atoms with E-state index in [4.69, 9.17) is 11.6 Å². The maximum absolute atomic E-state index is 14.0. The molecule has 1 aliphatic heterocycles. The highest BCUT2D eigenvalue weighted by atomic mass is 35.5. The summed E-state index contributed by atoms with van der Waals surface area (Å²) in [5, 5.41) is 19.8. The fourth-order valence-corrected chi connectivity index (χ4v) is 5.85. The van der Waals surface area contributed by atoms with E-state index in [9.17, 15) is 23.5 Å². The first-order valence-electron chi connectivity index (χ1n) is 10.9. The predicted molar refractivity (Wildman–Crippen MR) is 139 cm³/mol. The number of aromatic nitrogens is 2. The molecular formula is C26H16ClF2N3O3S2. The quantitative estimate of drug-likeness (QED) is 0.0976. The summed E-state index contributed by atoms with van der Waals surface area (Å²) < 4.78 is 28.1. The number of aliphatic hydroxyl groups excluding tert-OH is 1. The Balaban J connectivity index is 1.54. The minimum absolute atomic E-state index is 0.114. The number of anilines is 1. The molecule has 0 aliphatic carbocycles. The summed E-state index contributed by atoms with van der Waals surface area (Å²) >= 11 is 8.23. The van der Waals surface area contributed by atoms with E-state index in [2.05, 4.69) is 10.2 Å². The van der Waals surface area contributed by atoms with E-state index in [1.807, 2.05) is 0 Å². The van der Waals surface area contributed by atoms with Crippen LogP contribution in [-0.4, -0.2) is 27.0 Å². The van der Waals surface area contributed by atoms with Crippen molar-refractivity contribution in [1.82, 2.24) is 10.2 Å². The van der Waals surface area contributed by atoms with Crippen LogP contribution in [0, 0.1) is 11.6 Å². The molecule has 3 aromatic carbocycles. The van der Waals surface area contributed by atoms with Crippen molar-refractivity contribution in [3.63, 3.8) is 0 Å². The van der Waals surface area contributed by atoms with Crippen LogP contribution in [0.15, 0.2) is 82.7 Å². The Morgan fingerprint density at radius 3 is 2.41 bits per heavy atom. The zero-order chi connectivity index (χ0) is 26.1. The molecule has 37 heavy (non-hydrogen) atoms. The monoisotopic (exact) mass is 555 g/mol. The molecule has 11 heteroatoms. The molecule has 1 aromatic heterocycles. The number of nitrogens with zero attached hydrogens (tertiary/aromatic N) is 3. The van der Waals surface area contributed by atoms with Crippen LogP contribution >= 0.6 is 34.7 Å². The zero-order valence-electron chi connectivity index (χ0n) is 18.8. The maximum Gasteiger partial charge on any atom is 0.301 e. The van der Waals surface area contributed by atoms with Crippen LogP contribution in [0.4, 0.5) is 13.9 Å². The second-order valence-electron chi connectivity index (χ2n) is 7.96. The highest BCUT2D eigenvalue weighted by Gasteiger charge is 2.48. The fraction of sp³-hybridized carbons (Fsp3) is 0.0769. The molecular weight excluding hydrogens is 540 g/mol. The normalized spacial score (nSPS) is 16.9. The number of Topliss-reactive ketones (excluding diaryl/α,β-unsaturated/α-hetero) is 1. The van der Waals surface area contributed by atoms with Gasteiger partial charge in [0.25, 0.3) is 5.78 Å². The second-order valence-corrected chi connectivity index (χ2v) is 10.6. The van der Waals surface area contributed by atoms with E-state index in [1.54, 1.807) is 30.3 Å². The number of amides is 1. The molecule has 1 amide bonds. The lowest BCUT2D eigenvalue weighted by molar-refractivity contribution is -0.132. The van der Waals surface area contributed by atoms with Crippen LogP contribution in [0.3, 0.4) is 0 Å². The Morgan fingerprint density at radius 2 is 1.70 bits per heavy atom. The van der Waals surface area contributed by atoms with E-state index < -0.39 is 29.3 Å². The highest BCUT2D eigenvalue weighted by molar-refractivity contribution is 8.00. The van der Waals surface area contributed by atoms with E-state index in [-0.39, 0.29) is 27.8 Å². The smallest absolute Gasteiger partial charge is 0.301 e. The van der Waals surface area contributed by atoms with Crippen molar-refractivity contribution in [2.75, 3.05) is 4.90 Å². The van der Waals surface area contributed by atoms with Crippen molar-refractivity contribution in [3.8, 4) is 0 Å². The molecule has 1 N–H and O–H groups in total. The maximum atomic E-state index is 14.0. The van der Waals surface area contributed by atoms with Crippen molar-refractivity contribution in [3.05, 3.63) is 112 Å². The predicted octanol–water partition coefficient (Wildman–Crippen LogP) is 6.39. The van der Waals surface area contributed by atoms with E-state index in [1.165, 1.54) is 54.2 Å². The Labute approximate surface area is 223 Å². The molecule has 186 valence electrons. The first-order chi connectivity index (χ1) is 17.8. The number of halogens is 3. The SMILES string of the molecule is O=C1C(=O)N(c2nnc(SCc3ccccc3F)s2)C(c2ccc(F)cc2)/C1=C(/O)c1ccc(Cl)cc1. The number of benzene rings is 3. The molecule has 4 aromatic rings. The molecule has 0 saturated carbocycles. The van der Waals surface area contributed by atoms with Gasteiger partial charge < -0.3 is 5.11 Å². The van der Waals surface area contributed by atoms with Gasteiger partial charge in [-0.1, -0.05) is 65.0 Å². The van der Waals surface area contributed by atoms with E-state index >= 15 is 0 Å². The zero-order valence-corrected chi connectivity index (χ0v) is 21.2. The first kappa shape index (κ1) is 25.1. The molecule has 0 spiro atoms. The van der Waals surface area contributed by atoms with Gasteiger partial charge in [0.1, 0.15) is 17.4 Å². The van der Waals surface area contributed by atoms with Gasteiger partial charge in [-0.25, -0.2) is 8.78 Å². The number of ketones is 1. The van der Waals surface area contributed by atoms with Gasteiger partial charge in [-0.05, 0) is 53.6 Å². The number of carbonyl (C=O) groups excluding carboxylic acids is 2. The van der Waals surface area contributed by atoms with Crippen molar-refractivity contribution in [2.24, 2.45) is 0 Å². The summed E-state index contributed by atoms with van der Waals surface area (Å²) in [4.78, 5) is 27.5. The van der Waals surface area contributed by atoms with Gasteiger partial charge in [0.05, 0.1) is 11.6 Å². The molecule has 1 fully saturated rings. The first-order valence-corrected chi connectivity index (χ1v) is 13.0. The van der Waals surface area contributed by atoms with E-state index in [0.717, 1.165) is 16.2 Å². The lowest BCUT2D eigenvalue weighted by Gasteiger charge is -2.22. The Hall–Kier alpha value is -3.60. The van der Waals surface area contributed by atoms with Crippen molar-refractivity contribution in [1.29, 1.82) is 0 Å². The van der Waals surface area contributed by atoms with Crippen LogP contribution in [0.5, 0.6) is 0 Å². The molecule has 0 radical (unpaired) electrons. The minimum atomic E-state index is -1.08. The molecule has 6 nitrogen and oxygen atoms in total. The molecule has 0 bridgehead atoms. The number of hydrogen-bond donors (Lipinski definition) is 1. The van der Waals surface area contributed by atoms with Crippen LogP contribution < -0.4 is 4.90 Å². The fourth-order valence-electron chi connectivity index (χ4n) is 3.87. The Morgan fingerprint density at radius 1 is 1.00 bits per heavy atom. The standard InChI is InChI=1S/C26H16ClF2N3O3S2/c27-17-9-5-15(6-10-17)22(33)20-21(14-7-11-18(28)12-8-14)32(24(35)23(20)34)25-30-31-26(37-25)36-13-16-3-1-2-4-19(16)29/h1-12,21,33H,13H2/b22-20-. The van der Waals surface area contributed by atoms with Gasteiger partial charge in [0.2, 0.25) is 5.13 Å². The average Bonchev–Trinajstić information content (AvgIpc) is 3.46. The molecule has 1 unspecified atom stereocenters. The van der Waals surface area contributed by atoms with E-state index in [0.29, 0.717) is 20.5 Å². The number of carbonyl (C=O) groups is 2. The van der Waals surface area contributed by atoms with Crippen LogP contribution in [-0.2, 0) is 15.3 Å². The number of rotatable bonds is 6. The minimum Gasteiger partial charge on any atom is -0.507 e. The van der Waals surface area contributed by atoms with Gasteiger partial charge >= 0.3 is 5.91 Å². The number of aliphatic hydroxyl groups is 1. The Kier molecular flexibility index (Phi) is 7.05. The summed E-state index contributed by atoms with van der Waals surface area (Å²) in [6.07, 6.45) is 0. The third-order valence-electron chi connectivity index (χ3n) is 5.66. The van der Waals surface area contributed by atoms with Gasteiger partial charge in [-0.3, -0.25) is 14.5 Å². The van der Waals surface area contributed by atoms with Gasteiger partial charge in [0, 0.05) is 16.3 Å². The van der Waals surface area contributed by atoms with Gasteiger partial charge in [0.15, 0.2) is 4.34 Å². The molecule has 1 saturated heterocycles. The summed E-state index contributed by atoms with van der Waals surface area (Å²) in [7, 11) is 0. The topological polar surface area (TPSA) is 83.4 Å². The van der Waals surface area contributed by atoms with Crippen molar-refractivity contribution >= 4 is 57.3 Å². The lowest BCUT2D eigenvalue weighted by Crippen LogP contribution is -2.29. The molecule has 2 heterocycles. The summed E-state index contributed by atoms with van der Waals surface area (Å²) in [5.74, 6) is -2.78. The number of hydrogen-bond acceptors (Lipinski definition) is 7. The van der Waals surface area contributed by atoms with Crippen LogP contribution in [0.25, 0.3) is 5.76 Å². The van der Waals surface area contributed by atoms with Gasteiger partial charge in [-0.15, -0.1) is 10.2 Å². The third kappa shape index (κ3) is 5.00. The Bertz CT molecular complexity index is 1520. The van der Waals surface area contributed by atoms with Crippen LogP contribution in [0.2, 0.25) is 5.02 Å². The summed E-state index contributed by atoms with van der Waals surface area (Å²) in [5.41, 5.74) is 0.994.